The molecule has 1 unspecified atom stereocenters. The molecule has 0 radical (unpaired) electrons. The monoisotopic (exact) mass is 243 g/mol. The third-order valence-corrected chi connectivity index (χ3v) is 3.23. The van der Waals surface area contributed by atoms with E-state index in [1.54, 1.807) is 0 Å². The first kappa shape index (κ1) is 12.6. The molecule has 1 atom stereocenters. The minimum atomic E-state index is 0.141. The topological polar surface area (TPSA) is 25.9 Å². The summed E-state index contributed by atoms with van der Waals surface area (Å²) >= 11 is 0. The van der Waals surface area contributed by atoms with Crippen molar-refractivity contribution in [1.29, 1.82) is 0 Å². The smallest absolute Gasteiger partial charge is 0.244 e. The zero-order valence-corrected chi connectivity index (χ0v) is 10.9. The molecule has 0 amide bonds. The van der Waals surface area contributed by atoms with Crippen LogP contribution >= 0.6 is 0 Å². The number of hydrogen-bond acceptors (Lipinski definition) is 1. The van der Waals surface area contributed by atoms with E-state index in [0.29, 0.717) is 12.6 Å². The molecule has 0 aliphatic carbocycles. The fourth-order valence-electron chi connectivity index (χ4n) is 1.86. The van der Waals surface area contributed by atoms with E-state index in [4.69, 9.17) is 0 Å². The Bertz CT molecular complexity index is 516. The molecule has 1 aromatic heterocycles. The van der Waals surface area contributed by atoms with Gasteiger partial charge in [0.2, 0.25) is 12.1 Å². The first-order valence-electron chi connectivity index (χ1n) is 6.35. The molecular weight excluding hydrogens is 224 g/mol. The van der Waals surface area contributed by atoms with Gasteiger partial charge in [-0.2, -0.15) is 0 Å². The van der Waals surface area contributed by atoms with Crippen LogP contribution in [0.15, 0.2) is 49.1 Å². The van der Waals surface area contributed by atoms with E-state index < -0.39 is 0 Å². The van der Waals surface area contributed by atoms with Crippen molar-refractivity contribution in [2.75, 3.05) is 0 Å². The highest BCUT2D eigenvalue weighted by Gasteiger charge is 2.13. The fraction of sp³-hybridized carbons (Fsp3) is 0.333. The van der Waals surface area contributed by atoms with Gasteiger partial charge in [0, 0.05) is 5.56 Å². The van der Waals surface area contributed by atoms with Crippen molar-refractivity contribution in [2.24, 2.45) is 0 Å². The third-order valence-electron chi connectivity index (χ3n) is 3.23. The molecule has 1 aromatic carbocycles. The van der Waals surface area contributed by atoms with E-state index in [1.807, 2.05) is 53.6 Å². The number of rotatable bonds is 5. The summed E-state index contributed by atoms with van der Waals surface area (Å²) in [5.74, 6) is 0.141. The lowest BCUT2D eigenvalue weighted by molar-refractivity contribution is -0.682. The Morgan fingerprint density at radius 2 is 2.06 bits per heavy atom. The van der Waals surface area contributed by atoms with Gasteiger partial charge in [0.15, 0.2) is 6.54 Å². The first-order valence-corrected chi connectivity index (χ1v) is 6.35. The maximum atomic E-state index is 12.0. The molecular formula is C15H19N2O+. The molecule has 2 aromatic rings. The molecule has 0 saturated carbocycles. The number of Topliss-reactive ketones (excluding diaryl/α,β-unsaturated/α-hetero) is 1. The third kappa shape index (κ3) is 2.86. The summed E-state index contributed by atoms with van der Waals surface area (Å²) in [4.78, 5) is 12.0. The van der Waals surface area contributed by atoms with E-state index >= 15 is 0 Å². The average molecular weight is 243 g/mol. The maximum Gasteiger partial charge on any atom is 0.244 e. The van der Waals surface area contributed by atoms with Crippen molar-refractivity contribution in [3.63, 3.8) is 0 Å². The van der Waals surface area contributed by atoms with Crippen LogP contribution in [0, 0.1) is 0 Å². The van der Waals surface area contributed by atoms with Crippen LogP contribution < -0.4 is 4.57 Å². The minimum Gasteiger partial charge on any atom is -0.290 e. The Morgan fingerprint density at radius 3 is 2.72 bits per heavy atom. The van der Waals surface area contributed by atoms with Crippen molar-refractivity contribution in [2.45, 2.75) is 32.9 Å². The molecule has 94 valence electrons. The fourth-order valence-corrected chi connectivity index (χ4v) is 1.86. The van der Waals surface area contributed by atoms with Crippen molar-refractivity contribution < 1.29 is 9.36 Å². The highest BCUT2D eigenvalue weighted by molar-refractivity contribution is 5.94. The average Bonchev–Trinajstić information content (AvgIpc) is 2.87. The van der Waals surface area contributed by atoms with Gasteiger partial charge >= 0.3 is 0 Å². The van der Waals surface area contributed by atoms with Gasteiger partial charge in [-0.3, -0.25) is 4.79 Å². The maximum absolute atomic E-state index is 12.0. The van der Waals surface area contributed by atoms with Gasteiger partial charge in [-0.25, -0.2) is 9.13 Å². The Morgan fingerprint density at radius 1 is 1.33 bits per heavy atom. The lowest BCUT2D eigenvalue weighted by atomic mass is 10.1. The van der Waals surface area contributed by atoms with Crippen LogP contribution in [0.4, 0.5) is 0 Å². The van der Waals surface area contributed by atoms with Crippen molar-refractivity contribution in [1.82, 2.24) is 4.57 Å². The summed E-state index contributed by atoms with van der Waals surface area (Å²) in [7, 11) is 0. The molecule has 0 saturated heterocycles. The first-order chi connectivity index (χ1) is 8.70. The van der Waals surface area contributed by atoms with Crippen LogP contribution in [0.25, 0.3) is 0 Å². The number of carbonyl (C=O) groups excluding carboxylic acids is 1. The largest absolute Gasteiger partial charge is 0.290 e. The van der Waals surface area contributed by atoms with Crippen LogP contribution in [-0.2, 0) is 6.54 Å². The van der Waals surface area contributed by atoms with Crippen LogP contribution in [0.3, 0.4) is 0 Å². The number of aromatic nitrogens is 2. The molecule has 0 fully saturated rings. The molecule has 0 aliphatic heterocycles. The van der Waals surface area contributed by atoms with E-state index in [-0.39, 0.29) is 5.78 Å². The van der Waals surface area contributed by atoms with Gasteiger partial charge in [0.1, 0.15) is 12.4 Å². The van der Waals surface area contributed by atoms with Gasteiger partial charge in [-0.05, 0) is 13.3 Å². The number of imidazole rings is 1. The SMILES string of the molecule is CCC(C)n1cc[n+](CC(=O)c2ccccc2)c1. The summed E-state index contributed by atoms with van der Waals surface area (Å²) in [6.45, 7) is 4.72. The second-order valence-corrected chi connectivity index (χ2v) is 4.58. The Hall–Kier alpha value is -1.90. The summed E-state index contributed by atoms with van der Waals surface area (Å²) in [6, 6.07) is 9.88. The van der Waals surface area contributed by atoms with E-state index in [0.717, 1.165) is 12.0 Å². The molecule has 3 heteroatoms. The van der Waals surface area contributed by atoms with Crippen molar-refractivity contribution >= 4 is 5.78 Å². The molecule has 0 spiro atoms. The van der Waals surface area contributed by atoms with E-state index in [2.05, 4.69) is 18.4 Å². The second-order valence-electron chi connectivity index (χ2n) is 4.58. The molecule has 3 nitrogen and oxygen atoms in total. The quantitative estimate of drug-likeness (QED) is 0.585. The lowest BCUT2D eigenvalue weighted by Gasteiger charge is -2.02. The number of hydrogen-bond donors (Lipinski definition) is 0. The number of carbonyl (C=O) groups is 1. The predicted octanol–water partition coefficient (Wildman–Crippen LogP) is 2.63. The Labute approximate surface area is 108 Å². The molecule has 2 rings (SSSR count). The Balaban J connectivity index is 2.06. The van der Waals surface area contributed by atoms with Crippen LogP contribution in [0.5, 0.6) is 0 Å². The predicted molar refractivity (Wildman–Crippen MR) is 70.4 cm³/mol. The molecule has 1 heterocycles. The van der Waals surface area contributed by atoms with Gasteiger partial charge in [0.05, 0.1) is 6.04 Å². The molecule has 0 bridgehead atoms. The van der Waals surface area contributed by atoms with Gasteiger partial charge in [-0.1, -0.05) is 37.3 Å². The van der Waals surface area contributed by atoms with Crippen molar-refractivity contribution in [3.05, 3.63) is 54.6 Å². The number of ketones is 1. The number of nitrogens with zero attached hydrogens (tertiary/aromatic N) is 2. The van der Waals surface area contributed by atoms with Crippen LogP contribution in [0.1, 0.15) is 36.7 Å². The van der Waals surface area contributed by atoms with Gasteiger partial charge < -0.3 is 0 Å². The molecule has 0 aliphatic rings. The lowest BCUT2D eigenvalue weighted by Crippen LogP contribution is -2.35. The van der Waals surface area contributed by atoms with E-state index in [1.165, 1.54) is 0 Å². The molecule has 18 heavy (non-hydrogen) atoms. The summed E-state index contributed by atoms with van der Waals surface area (Å²) in [5.41, 5.74) is 0.765. The molecule has 0 N–H and O–H groups in total. The standard InChI is InChI=1S/C15H19N2O/c1-3-13(2)17-10-9-16(12-17)11-15(18)14-7-5-4-6-8-14/h4-10,12-13H,3,11H2,1-2H3/q+1. The highest BCUT2D eigenvalue weighted by atomic mass is 16.1. The zero-order chi connectivity index (χ0) is 13.0. The normalized spacial score (nSPS) is 12.3. The minimum absolute atomic E-state index is 0.141. The highest BCUT2D eigenvalue weighted by Crippen LogP contribution is 2.07. The Kier molecular flexibility index (Phi) is 3.92. The summed E-state index contributed by atoms with van der Waals surface area (Å²) in [5, 5.41) is 0. The van der Waals surface area contributed by atoms with Gasteiger partial charge in [-0.15, -0.1) is 0 Å². The summed E-state index contributed by atoms with van der Waals surface area (Å²) < 4.78 is 4.07. The van der Waals surface area contributed by atoms with Crippen LogP contribution in [-0.4, -0.2) is 10.4 Å². The van der Waals surface area contributed by atoms with E-state index in [9.17, 15) is 4.79 Å². The second kappa shape index (κ2) is 5.63. The van der Waals surface area contributed by atoms with Gasteiger partial charge in [0.25, 0.3) is 0 Å². The van der Waals surface area contributed by atoms with Crippen molar-refractivity contribution in [3.8, 4) is 0 Å². The van der Waals surface area contributed by atoms with Crippen LogP contribution in [0.2, 0.25) is 0 Å². The summed E-state index contributed by atoms with van der Waals surface area (Å²) in [6.07, 6.45) is 7.05. The number of benzene rings is 1. The zero-order valence-electron chi connectivity index (χ0n) is 10.9.